The molecule has 0 aliphatic heterocycles. The Morgan fingerprint density at radius 2 is 1.89 bits per heavy atom. The highest BCUT2D eigenvalue weighted by atomic mass is 35.5. The van der Waals surface area contributed by atoms with Gasteiger partial charge in [-0.1, -0.05) is 41.9 Å². The molecule has 3 N–H and O–H groups in total. The molecule has 0 aliphatic rings. The van der Waals surface area contributed by atoms with Crippen LogP contribution < -0.4 is 5.32 Å². The fourth-order valence-electron chi connectivity index (χ4n) is 2.79. The molecule has 4 aromatic rings. The number of amides is 1. The number of H-pyrrole nitrogens is 2. The first-order valence-electron chi connectivity index (χ1n) is 7.99. The van der Waals surface area contributed by atoms with E-state index in [-0.39, 0.29) is 5.69 Å². The standard InChI is InChI=1S/C18H11ClF3N5O/c19-15-13(18(20,21)22)14(26-27-15)17(28)24-11-6-10-7-12(25-16(10)23-8-11)9-4-2-1-3-5-9/h1-8H,(H,23,25)(H,24,28)(H,26,27). The lowest BCUT2D eigenvalue weighted by atomic mass is 10.1. The average Bonchev–Trinajstić information content (AvgIpc) is 3.25. The van der Waals surface area contributed by atoms with Gasteiger partial charge in [0.05, 0.1) is 11.9 Å². The number of hydrogen-bond donors (Lipinski definition) is 3. The fraction of sp³-hybridized carbons (Fsp3) is 0.0556. The number of alkyl halides is 3. The summed E-state index contributed by atoms with van der Waals surface area (Å²) in [4.78, 5) is 19.6. The number of fused-ring (bicyclic) bond motifs is 1. The molecule has 0 saturated heterocycles. The van der Waals surface area contributed by atoms with Crippen molar-refractivity contribution in [2.24, 2.45) is 0 Å². The summed E-state index contributed by atoms with van der Waals surface area (Å²) in [6, 6.07) is 13.0. The molecule has 0 spiro atoms. The number of hydrogen-bond acceptors (Lipinski definition) is 3. The molecule has 0 fully saturated rings. The van der Waals surface area contributed by atoms with Crippen LogP contribution in [0.3, 0.4) is 0 Å². The van der Waals surface area contributed by atoms with Crippen LogP contribution in [-0.4, -0.2) is 26.1 Å². The third kappa shape index (κ3) is 3.31. The molecule has 3 heterocycles. The van der Waals surface area contributed by atoms with Gasteiger partial charge in [0.1, 0.15) is 16.4 Å². The monoisotopic (exact) mass is 405 g/mol. The molecule has 0 saturated carbocycles. The zero-order chi connectivity index (χ0) is 19.9. The Labute approximate surface area is 160 Å². The highest BCUT2D eigenvalue weighted by Crippen LogP contribution is 2.36. The lowest BCUT2D eigenvalue weighted by molar-refractivity contribution is -0.137. The molecular formula is C18H11ClF3N5O. The van der Waals surface area contributed by atoms with Crippen LogP contribution in [-0.2, 0) is 6.18 Å². The number of nitrogens with one attached hydrogen (secondary N) is 3. The van der Waals surface area contributed by atoms with E-state index in [9.17, 15) is 18.0 Å². The molecule has 0 atom stereocenters. The zero-order valence-electron chi connectivity index (χ0n) is 13.9. The summed E-state index contributed by atoms with van der Waals surface area (Å²) >= 11 is 5.48. The topological polar surface area (TPSA) is 86.5 Å². The smallest absolute Gasteiger partial charge is 0.339 e. The minimum atomic E-state index is -4.82. The second-order valence-electron chi connectivity index (χ2n) is 5.92. The lowest BCUT2D eigenvalue weighted by Gasteiger charge is -2.08. The number of aromatic amines is 2. The molecule has 28 heavy (non-hydrogen) atoms. The molecule has 6 nitrogen and oxygen atoms in total. The van der Waals surface area contributed by atoms with Crippen molar-refractivity contribution in [3.05, 3.63) is 65.1 Å². The van der Waals surface area contributed by atoms with Gasteiger partial charge in [-0.05, 0) is 17.7 Å². The van der Waals surface area contributed by atoms with Crippen molar-refractivity contribution >= 4 is 34.2 Å². The Kier molecular flexibility index (Phi) is 4.31. The second-order valence-corrected chi connectivity index (χ2v) is 6.30. The Balaban J connectivity index is 1.63. The molecule has 0 radical (unpaired) electrons. The number of halogens is 4. The predicted molar refractivity (Wildman–Crippen MR) is 98.1 cm³/mol. The van der Waals surface area contributed by atoms with Gasteiger partial charge in [-0.3, -0.25) is 9.89 Å². The molecule has 0 bridgehead atoms. The van der Waals surface area contributed by atoms with Crippen molar-refractivity contribution in [2.45, 2.75) is 6.18 Å². The van der Waals surface area contributed by atoms with E-state index in [4.69, 9.17) is 11.6 Å². The van der Waals surface area contributed by atoms with Gasteiger partial charge in [0.2, 0.25) is 0 Å². The van der Waals surface area contributed by atoms with Crippen molar-refractivity contribution in [3.63, 3.8) is 0 Å². The maximum atomic E-state index is 13.1. The van der Waals surface area contributed by atoms with E-state index in [1.807, 2.05) is 41.5 Å². The van der Waals surface area contributed by atoms with Crippen molar-refractivity contribution in [3.8, 4) is 11.3 Å². The second kappa shape index (κ2) is 6.68. The summed E-state index contributed by atoms with van der Waals surface area (Å²) in [6.07, 6.45) is -3.47. The Morgan fingerprint density at radius 1 is 1.14 bits per heavy atom. The molecular weight excluding hydrogens is 395 g/mol. The Morgan fingerprint density at radius 3 is 2.61 bits per heavy atom. The van der Waals surface area contributed by atoms with Crippen molar-refractivity contribution in [2.75, 3.05) is 5.32 Å². The first-order chi connectivity index (χ1) is 13.3. The van der Waals surface area contributed by atoms with Gasteiger partial charge in [0, 0.05) is 11.1 Å². The van der Waals surface area contributed by atoms with Gasteiger partial charge < -0.3 is 10.3 Å². The first kappa shape index (κ1) is 18.1. The number of anilines is 1. The number of pyridine rings is 1. The SMILES string of the molecule is O=C(Nc1cnc2[nH]c(-c3ccccc3)cc2c1)c1n[nH]c(Cl)c1C(F)(F)F. The van der Waals surface area contributed by atoms with Gasteiger partial charge in [-0.15, -0.1) is 0 Å². The molecule has 3 aromatic heterocycles. The number of rotatable bonds is 3. The molecule has 10 heteroatoms. The van der Waals surface area contributed by atoms with Crippen molar-refractivity contribution in [1.29, 1.82) is 0 Å². The van der Waals surface area contributed by atoms with Crippen LogP contribution >= 0.6 is 11.6 Å². The van der Waals surface area contributed by atoms with E-state index in [0.717, 1.165) is 11.3 Å². The van der Waals surface area contributed by atoms with Gasteiger partial charge in [-0.2, -0.15) is 18.3 Å². The Bertz CT molecular complexity index is 1170. The van der Waals surface area contributed by atoms with Gasteiger partial charge >= 0.3 is 6.18 Å². The van der Waals surface area contributed by atoms with Gasteiger partial charge in [0.25, 0.3) is 5.91 Å². The van der Waals surface area contributed by atoms with E-state index in [0.29, 0.717) is 11.0 Å². The summed E-state index contributed by atoms with van der Waals surface area (Å²) in [5, 5.41) is 7.65. The third-order valence-electron chi connectivity index (χ3n) is 4.03. The largest absolute Gasteiger partial charge is 0.421 e. The fourth-order valence-corrected chi connectivity index (χ4v) is 3.03. The summed E-state index contributed by atoms with van der Waals surface area (Å²) < 4.78 is 39.2. The van der Waals surface area contributed by atoms with Crippen LogP contribution in [0.25, 0.3) is 22.3 Å². The van der Waals surface area contributed by atoms with Crippen LogP contribution in [0.2, 0.25) is 5.15 Å². The van der Waals surface area contributed by atoms with Gasteiger partial charge in [0.15, 0.2) is 5.69 Å². The molecule has 0 aliphatic carbocycles. The highest BCUT2D eigenvalue weighted by molar-refractivity contribution is 6.31. The molecule has 0 unspecified atom stereocenters. The molecule has 142 valence electrons. The van der Waals surface area contributed by atoms with E-state index in [1.54, 1.807) is 6.07 Å². The van der Waals surface area contributed by atoms with E-state index in [1.165, 1.54) is 6.20 Å². The number of benzene rings is 1. The summed E-state index contributed by atoms with van der Waals surface area (Å²) in [5.74, 6) is -1.05. The quantitative estimate of drug-likeness (QED) is 0.454. The number of carbonyl (C=O) groups is 1. The minimum Gasteiger partial charge on any atom is -0.339 e. The minimum absolute atomic E-state index is 0.225. The maximum absolute atomic E-state index is 13.1. The summed E-state index contributed by atoms with van der Waals surface area (Å²) in [7, 11) is 0. The van der Waals surface area contributed by atoms with E-state index in [2.05, 4.69) is 20.4 Å². The first-order valence-corrected chi connectivity index (χ1v) is 8.37. The molecule has 1 aromatic carbocycles. The lowest BCUT2D eigenvalue weighted by Crippen LogP contribution is -2.18. The average molecular weight is 406 g/mol. The van der Waals surface area contributed by atoms with Crippen LogP contribution in [0.1, 0.15) is 16.1 Å². The maximum Gasteiger partial charge on any atom is 0.421 e. The van der Waals surface area contributed by atoms with Crippen LogP contribution in [0.5, 0.6) is 0 Å². The summed E-state index contributed by atoms with van der Waals surface area (Å²) in [5.41, 5.74) is 0.432. The van der Waals surface area contributed by atoms with E-state index < -0.39 is 28.5 Å². The van der Waals surface area contributed by atoms with Crippen LogP contribution in [0.4, 0.5) is 18.9 Å². The van der Waals surface area contributed by atoms with Crippen LogP contribution in [0.15, 0.2) is 48.7 Å². The molecule has 1 amide bonds. The summed E-state index contributed by atoms with van der Waals surface area (Å²) in [6.45, 7) is 0. The van der Waals surface area contributed by atoms with Crippen LogP contribution in [0, 0.1) is 0 Å². The highest BCUT2D eigenvalue weighted by Gasteiger charge is 2.40. The number of aromatic nitrogens is 4. The predicted octanol–water partition coefficient (Wildman–Crippen LogP) is 4.88. The number of nitrogens with zero attached hydrogens (tertiary/aromatic N) is 2. The van der Waals surface area contributed by atoms with Crippen molar-refractivity contribution in [1.82, 2.24) is 20.2 Å². The van der Waals surface area contributed by atoms with Gasteiger partial charge in [-0.25, -0.2) is 4.98 Å². The number of carbonyl (C=O) groups excluding carboxylic acids is 1. The third-order valence-corrected chi connectivity index (χ3v) is 4.31. The zero-order valence-corrected chi connectivity index (χ0v) is 14.7. The van der Waals surface area contributed by atoms with Crippen molar-refractivity contribution < 1.29 is 18.0 Å². The Hall–Kier alpha value is -3.33. The van der Waals surface area contributed by atoms with E-state index >= 15 is 0 Å². The molecule has 4 rings (SSSR count). The normalized spacial score (nSPS) is 11.7.